The molecule has 1 aromatic carbocycles. The van der Waals surface area contributed by atoms with Crippen LogP contribution >= 0.6 is 0 Å². The molecule has 0 amide bonds. The number of para-hydroxylation sites is 1. The second-order valence-electron chi connectivity index (χ2n) is 7.56. The molecule has 1 aromatic heterocycles. The lowest BCUT2D eigenvalue weighted by atomic mass is 9.80. The second kappa shape index (κ2) is 9.50. The molecule has 0 unspecified atom stereocenters. The molecule has 2 aromatic rings. The number of ether oxygens (including phenoxy) is 1. The van der Waals surface area contributed by atoms with Gasteiger partial charge in [0.05, 0.1) is 22.9 Å². The monoisotopic (exact) mass is 381 g/mol. The van der Waals surface area contributed by atoms with E-state index in [-0.39, 0.29) is 30.6 Å². The second-order valence-corrected chi connectivity index (χ2v) is 7.56. The number of carbonyl (C=O) groups excluding carboxylic acids is 1. The molecule has 0 aliphatic heterocycles. The number of aromatic nitrogens is 2. The van der Waals surface area contributed by atoms with Crippen LogP contribution in [0.2, 0.25) is 0 Å². The zero-order valence-corrected chi connectivity index (χ0v) is 16.4. The van der Waals surface area contributed by atoms with Gasteiger partial charge in [0.25, 0.3) is 5.56 Å². The maximum absolute atomic E-state index is 12.6. The highest BCUT2D eigenvalue weighted by atomic mass is 16.5. The molecule has 148 valence electrons. The van der Waals surface area contributed by atoms with Crippen molar-refractivity contribution in [2.45, 2.75) is 65.0 Å². The Hall–Kier alpha value is -2.68. The number of carbonyl (C=O) groups is 1. The van der Waals surface area contributed by atoms with Crippen molar-refractivity contribution in [2.75, 3.05) is 0 Å². The van der Waals surface area contributed by atoms with Crippen LogP contribution in [-0.2, 0) is 22.7 Å². The highest BCUT2D eigenvalue weighted by Crippen LogP contribution is 2.32. The van der Waals surface area contributed by atoms with E-state index in [1.54, 1.807) is 24.3 Å². The molecule has 0 bridgehead atoms. The standard InChI is InChI=1S/C22H27N3O3/c1-2-3-6-16-9-11-17(12-10-16)22(27)28-15-20-24-19-8-5-4-7-18(19)21(26)25(20)14-13-23/h4-5,7-8,16-17H,2-3,6,9-12,14-15H2,1H3. The van der Waals surface area contributed by atoms with E-state index in [4.69, 9.17) is 10.00 Å². The minimum absolute atomic E-state index is 0.0746. The average Bonchev–Trinajstić information content (AvgIpc) is 2.73. The van der Waals surface area contributed by atoms with Gasteiger partial charge in [0.15, 0.2) is 5.82 Å². The van der Waals surface area contributed by atoms with Crippen molar-refractivity contribution in [3.8, 4) is 6.07 Å². The number of benzene rings is 1. The summed E-state index contributed by atoms with van der Waals surface area (Å²) in [6, 6.07) is 8.98. The Bertz CT molecular complexity index is 921. The summed E-state index contributed by atoms with van der Waals surface area (Å²) in [6.45, 7) is 2.00. The van der Waals surface area contributed by atoms with Crippen LogP contribution in [0.25, 0.3) is 10.9 Å². The van der Waals surface area contributed by atoms with Crippen molar-refractivity contribution < 1.29 is 9.53 Å². The molecule has 1 saturated carbocycles. The summed E-state index contributed by atoms with van der Waals surface area (Å²) < 4.78 is 6.79. The zero-order chi connectivity index (χ0) is 19.9. The van der Waals surface area contributed by atoms with E-state index in [0.29, 0.717) is 16.7 Å². The Morgan fingerprint density at radius 2 is 2.04 bits per heavy atom. The van der Waals surface area contributed by atoms with Crippen LogP contribution in [0.1, 0.15) is 57.7 Å². The third-order valence-electron chi connectivity index (χ3n) is 5.66. The molecule has 0 spiro atoms. The smallest absolute Gasteiger partial charge is 0.309 e. The molecular formula is C22H27N3O3. The fourth-order valence-electron chi connectivity index (χ4n) is 3.99. The summed E-state index contributed by atoms with van der Waals surface area (Å²) in [5.74, 6) is 0.747. The molecule has 1 fully saturated rings. The first kappa shape index (κ1) is 20.1. The first-order valence-electron chi connectivity index (χ1n) is 10.2. The van der Waals surface area contributed by atoms with Gasteiger partial charge in [0.2, 0.25) is 0 Å². The molecule has 0 saturated heterocycles. The van der Waals surface area contributed by atoms with Gasteiger partial charge in [-0.05, 0) is 43.7 Å². The van der Waals surface area contributed by atoms with Crippen LogP contribution in [0.5, 0.6) is 0 Å². The van der Waals surface area contributed by atoms with Gasteiger partial charge >= 0.3 is 5.97 Å². The molecule has 1 aliphatic carbocycles. The Balaban J connectivity index is 1.66. The number of hydrogen-bond donors (Lipinski definition) is 0. The normalized spacial score (nSPS) is 19.3. The van der Waals surface area contributed by atoms with Crippen molar-refractivity contribution in [2.24, 2.45) is 11.8 Å². The van der Waals surface area contributed by atoms with Crippen molar-refractivity contribution in [1.82, 2.24) is 9.55 Å². The summed E-state index contributed by atoms with van der Waals surface area (Å²) in [5, 5.41) is 9.52. The maximum Gasteiger partial charge on any atom is 0.309 e. The van der Waals surface area contributed by atoms with E-state index in [1.165, 1.54) is 23.8 Å². The van der Waals surface area contributed by atoms with E-state index in [1.807, 2.05) is 6.07 Å². The Morgan fingerprint density at radius 3 is 2.75 bits per heavy atom. The first-order chi connectivity index (χ1) is 13.6. The van der Waals surface area contributed by atoms with Crippen molar-refractivity contribution in [3.63, 3.8) is 0 Å². The summed E-state index contributed by atoms with van der Waals surface area (Å²) in [6.07, 6.45) is 7.60. The lowest BCUT2D eigenvalue weighted by molar-refractivity contribution is -0.151. The van der Waals surface area contributed by atoms with Crippen molar-refractivity contribution >= 4 is 16.9 Å². The van der Waals surface area contributed by atoms with Gasteiger partial charge in [-0.25, -0.2) is 4.98 Å². The lowest BCUT2D eigenvalue weighted by Gasteiger charge is -2.27. The van der Waals surface area contributed by atoms with Crippen LogP contribution in [-0.4, -0.2) is 15.5 Å². The van der Waals surface area contributed by atoms with Crippen LogP contribution in [0, 0.1) is 23.2 Å². The van der Waals surface area contributed by atoms with Crippen LogP contribution in [0.4, 0.5) is 0 Å². The Labute approximate surface area is 165 Å². The van der Waals surface area contributed by atoms with E-state index in [9.17, 15) is 9.59 Å². The van der Waals surface area contributed by atoms with Gasteiger partial charge in [-0.2, -0.15) is 5.26 Å². The van der Waals surface area contributed by atoms with Gasteiger partial charge in [0.1, 0.15) is 13.2 Å². The molecule has 0 radical (unpaired) electrons. The number of nitriles is 1. The Kier molecular flexibility index (Phi) is 6.80. The predicted molar refractivity (Wildman–Crippen MR) is 106 cm³/mol. The van der Waals surface area contributed by atoms with E-state index >= 15 is 0 Å². The number of esters is 1. The van der Waals surface area contributed by atoms with Crippen LogP contribution in [0.15, 0.2) is 29.1 Å². The highest BCUT2D eigenvalue weighted by molar-refractivity contribution is 5.77. The number of unbranched alkanes of at least 4 members (excludes halogenated alkanes) is 1. The molecule has 6 nitrogen and oxygen atoms in total. The zero-order valence-electron chi connectivity index (χ0n) is 16.4. The summed E-state index contributed by atoms with van der Waals surface area (Å²) in [5.41, 5.74) is 0.263. The van der Waals surface area contributed by atoms with Gasteiger partial charge in [-0.1, -0.05) is 38.3 Å². The molecule has 1 heterocycles. The minimum Gasteiger partial charge on any atom is -0.457 e. The largest absolute Gasteiger partial charge is 0.457 e. The van der Waals surface area contributed by atoms with Crippen molar-refractivity contribution in [1.29, 1.82) is 5.26 Å². The quantitative estimate of drug-likeness (QED) is 0.678. The van der Waals surface area contributed by atoms with E-state index in [0.717, 1.165) is 31.6 Å². The molecule has 6 heteroatoms. The number of rotatable bonds is 7. The van der Waals surface area contributed by atoms with Gasteiger partial charge in [-0.3, -0.25) is 14.2 Å². The van der Waals surface area contributed by atoms with E-state index in [2.05, 4.69) is 11.9 Å². The maximum atomic E-state index is 12.6. The first-order valence-corrected chi connectivity index (χ1v) is 10.2. The SMILES string of the molecule is CCCCC1CCC(C(=O)OCc2nc3ccccc3c(=O)n2CC#N)CC1. The molecule has 0 atom stereocenters. The molecule has 1 aliphatic rings. The summed E-state index contributed by atoms with van der Waals surface area (Å²) in [7, 11) is 0. The number of hydrogen-bond acceptors (Lipinski definition) is 5. The molecular weight excluding hydrogens is 354 g/mol. The molecule has 28 heavy (non-hydrogen) atoms. The predicted octanol–water partition coefficient (Wildman–Crippen LogP) is 3.96. The van der Waals surface area contributed by atoms with Crippen molar-refractivity contribution in [3.05, 3.63) is 40.4 Å². The third-order valence-corrected chi connectivity index (χ3v) is 5.66. The number of nitrogens with zero attached hydrogens (tertiary/aromatic N) is 3. The third kappa shape index (κ3) is 4.59. The fraction of sp³-hybridized carbons (Fsp3) is 0.545. The van der Waals surface area contributed by atoms with Gasteiger partial charge < -0.3 is 4.74 Å². The summed E-state index contributed by atoms with van der Waals surface area (Å²) in [4.78, 5) is 29.6. The minimum atomic E-state index is -0.283. The van der Waals surface area contributed by atoms with Crippen LogP contribution < -0.4 is 5.56 Å². The van der Waals surface area contributed by atoms with E-state index < -0.39 is 0 Å². The Morgan fingerprint density at radius 1 is 1.29 bits per heavy atom. The fourth-order valence-corrected chi connectivity index (χ4v) is 3.99. The number of fused-ring (bicyclic) bond motifs is 1. The van der Waals surface area contributed by atoms with Gasteiger partial charge in [0, 0.05) is 0 Å². The topological polar surface area (TPSA) is 85.0 Å². The average molecular weight is 381 g/mol. The highest BCUT2D eigenvalue weighted by Gasteiger charge is 2.27. The summed E-state index contributed by atoms with van der Waals surface area (Å²) >= 11 is 0. The lowest BCUT2D eigenvalue weighted by Crippen LogP contribution is -2.28. The van der Waals surface area contributed by atoms with Crippen LogP contribution in [0.3, 0.4) is 0 Å². The van der Waals surface area contributed by atoms with Gasteiger partial charge in [-0.15, -0.1) is 0 Å². The molecule has 3 rings (SSSR count). The molecule has 0 N–H and O–H groups in total.